The van der Waals surface area contributed by atoms with Crippen molar-refractivity contribution in [2.24, 2.45) is 0 Å². The Labute approximate surface area is 144 Å². The largest absolute Gasteiger partial charge is 0.347 e. The molecule has 2 heterocycles. The molecule has 3 rings (SSSR count). The van der Waals surface area contributed by atoms with Gasteiger partial charge in [0.2, 0.25) is 0 Å². The second-order valence-electron chi connectivity index (χ2n) is 5.51. The highest BCUT2D eigenvalue weighted by molar-refractivity contribution is 7.91. The molecule has 1 aliphatic heterocycles. The van der Waals surface area contributed by atoms with Gasteiger partial charge in [-0.2, -0.15) is 0 Å². The van der Waals surface area contributed by atoms with Gasteiger partial charge in [0.15, 0.2) is 21.3 Å². The number of nitrogens with one attached hydrogen (secondary N) is 2. The fourth-order valence-electron chi connectivity index (χ4n) is 2.37. The van der Waals surface area contributed by atoms with Crippen LogP contribution in [0.3, 0.4) is 0 Å². The Balaban J connectivity index is 1.61. The van der Waals surface area contributed by atoms with Crippen LogP contribution in [0.1, 0.15) is 16.9 Å². The first-order valence-corrected chi connectivity index (χ1v) is 9.49. The molecule has 1 aliphatic rings. The minimum Gasteiger partial charge on any atom is -0.347 e. The van der Waals surface area contributed by atoms with Crippen LogP contribution >= 0.6 is 11.6 Å². The fraction of sp³-hybridized carbons (Fsp3) is 0.267. The Morgan fingerprint density at radius 3 is 2.46 bits per heavy atom. The van der Waals surface area contributed by atoms with Gasteiger partial charge in [-0.15, -0.1) is 10.2 Å². The number of amides is 1. The number of sulfone groups is 1. The van der Waals surface area contributed by atoms with Crippen molar-refractivity contribution in [3.63, 3.8) is 0 Å². The van der Waals surface area contributed by atoms with Crippen molar-refractivity contribution in [1.82, 2.24) is 15.5 Å². The number of carbonyl (C=O) groups is 1. The molecule has 0 spiro atoms. The number of halogens is 1. The van der Waals surface area contributed by atoms with Gasteiger partial charge < -0.3 is 10.6 Å². The molecule has 9 heteroatoms. The topological polar surface area (TPSA) is 101 Å². The predicted octanol–water partition coefficient (Wildman–Crippen LogP) is 1.79. The van der Waals surface area contributed by atoms with E-state index in [1.165, 1.54) is 6.07 Å². The number of benzene rings is 1. The Bertz CT molecular complexity index is 838. The highest BCUT2D eigenvalue weighted by atomic mass is 35.5. The monoisotopic (exact) mass is 366 g/mol. The van der Waals surface area contributed by atoms with Crippen LogP contribution < -0.4 is 10.6 Å². The zero-order chi connectivity index (χ0) is 17.2. The maximum atomic E-state index is 12.1. The van der Waals surface area contributed by atoms with Crippen LogP contribution in [0.2, 0.25) is 5.02 Å². The molecule has 1 fully saturated rings. The van der Waals surface area contributed by atoms with E-state index in [-0.39, 0.29) is 23.2 Å². The highest BCUT2D eigenvalue weighted by Gasteiger charge is 2.29. The summed E-state index contributed by atoms with van der Waals surface area (Å²) in [6, 6.07) is 9.88. The molecule has 1 aromatic heterocycles. The first-order valence-electron chi connectivity index (χ1n) is 7.29. The van der Waals surface area contributed by atoms with Gasteiger partial charge in [0, 0.05) is 16.8 Å². The van der Waals surface area contributed by atoms with Crippen LogP contribution in [0.25, 0.3) is 0 Å². The summed E-state index contributed by atoms with van der Waals surface area (Å²) in [5, 5.41) is 14.2. The van der Waals surface area contributed by atoms with E-state index in [0.29, 0.717) is 17.3 Å². The molecule has 1 atom stereocenters. The van der Waals surface area contributed by atoms with Gasteiger partial charge in [0.25, 0.3) is 5.91 Å². The number of anilines is 2. The van der Waals surface area contributed by atoms with E-state index in [0.717, 1.165) is 5.69 Å². The number of hydrogen-bond acceptors (Lipinski definition) is 6. The average molecular weight is 367 g/mol. The standard InChI is InChI=1S/C15H15ClN4O3S/c16-10-1-3-11(4-2-10)17-14-6-5-13(19-20-14)15(21)18-12-7-8-24(22,23)9-12/h1-6,12H,7-9H2,(H,17,20)(H,18,21). The second-order valence-corrected chi connectivity index (χ2v) is 8.17. The molecule has 0 radical (unpaired) electrons. The van der Waals surface area contributed by atoms with E-state index in [4.69, 9.17) is 11.6 Å². The van der Waals surface area contributed by atoms with Crippen LogP contribution in [0, 0.1) is 0 Å². The summed E-state index contributed by atoms with van der Waals surface area (Å²) in [6.07, 6.45) is 0.428. The molecule has 2 aromatic rings. The number of nitrogens with zero attached hydrogens (tertiary/aromatic N) is 2. The van der Waals surface area contributed by atoms with Crippen LogP contribution in [-0.2, 0) is 9.84 Å². The molecule has 24 heavy (non-hydrogen) atoms. The lowest BCUT2D eigenvalue weighted by molar-refractivity contribution is 0.0935. The van der Waals surface area contributed by atoms with Gasteiger partial charge in [-0.3, -0.25) is 4.79 Å². The van der Waals surface area contributed by atoms with E-state index in [1.807, 2.05) is 0 Å². The number of hydrogen-bond donors (Lipinski definition) is 2. The smallest absolute Gasteiger partial charge is 0.272 e. The maximum Gasteiger partial charge on any atom is 0.272 e. The van der Waals surface area contributed by atoms with Crippen molar-refractivity contribution in [3.05, 3.63) is 47.1 Å². The van der Waals surface area contributed by atoms with Crippen molar-refractivity contribution in [1.29, 1.82) is 0 Å². The zero-order valence-electron chi connectivity index (χ0n) is 12.6. The molecule has 1 unspecified atom stereocenters. The van der Waals surface area contributed by atoms with E-state index in [9.17, 15) is 13.2 Å². The molecule has 0 bridgehead atoms. The molecule has 1 saturated heterocycles. The lowest BCUT2D eigenvalue weighted by Crippen LogP contribution is -2.36. The lowest BCUT2D eigenvalue weighted by atomic mass is 10.2. The first-order chi connectivity index (χ1) is 11.4. The van der Waals surface area contributed by atoms with E-state index in [2.05, 4.69) is 20.8 Å². The van der Waals surface area contributed by atoms with Gasteiger partial charge in [0.1, 0.15) is 0 Å². The lowest BCUT2D eigenvalue weighted by Gasteiger charge is -2.10. The summed E-state index contributed by atoms with van der Waals surface area (Å²) in [7, 11) is -3.04. The Morgan fingerprint density at radius 2 is 1.88 bits per heavy atom. The van der Waals surface area contributed by atoms with Crippen molar-refractivity contribution in [3.8, 4) is 0 Å². The maximum absolute atomic E-state index is 12.1. The normalized spacial score (nSPS) is 19.0. The van der Waals surface area contributed by atoms with Gasteiger partial charge in [-0.05, 0) is 42.8 Å². The van der Waals surface area contributed by atoms with Crippen LogP contribution in [0.4, 0.5) is 11.5 Å². The van der Waals surface area contributed by atoms with Crippen molar-refractivity contribution >= 4 is 38.9 Å². The first kappa shape index (κ1) is 16.7. The van der Waals surface area contributed by atoms with Gasteiger partial charge in [-0.25, -0.2) is 8.42 Å². The summed E-state index contributed by atoms with van der Waals surface area (Å²) in [6.45, 7) is 0. The summed E-state index contributed by atoms with van der Waals surface area (Å²) >= 11 is 5.82. The van der Waals surface area contributed by atoms with Gasteiger partial charge >= 0.3 is 0 Å². The van der Waals surface area contributed by atoms with E-state index in [1.54, 1.807) is 30.3 Å². The number of aromatic nitrogens is 2. The summed E-state index contributed by atoms with van der Waals surface area (Å²) < 4.78 is 22.8. The second kappa shape index (κ2) is 6.74. The van der Waals surface area contributed by atoms with E-state index >= 15 is 0 Å². The van der Waals surface area contributed by atoms with Gasteiger partial charge in [-0.1, -0.05) is 11.6 Å². The molecule has 7 nitrogen and oxygen atoms in total. The van der Waals surface area contributed by atoms with Crippen molar-refractivity contribution in [2.45, 2.75) is 12.5 Å². The molecule has 1 amide bonds. The van der Waals surface area contributed by atoms with Crippen LogP contribution in [0.5, 0.6) is 0 Å². The molecule has 1 aromatic carbocycles. The highest BCUT2D eigenvalue weighted by Crippen LogP contribution is 2.17. The van der Waals surface area contributed by atoms with Crippen molar-refractivity contribution in [2.75, 3.05) is 16.8 Å². The fourth-order valence-corrected chi connectivity index (χ4v) is 4.17. The SMILES string of the molecule is O=C(NC1CCS(=O)(=O)C1)c1ccc(Nc2ccc(Cl)cc2)nn1. The summed E-state index contributed by atoms with van der Waals surface area (Å²) in [5.41, 5.74) is 0.933. The third-order valence-corrected chi connectivity index (χ3v) is 5.60. The zero-order valence-corrected chi connectivity index (χ0v) is 14.1. The predicted molar refractivity (Wildman–Crippen MR) is 91.3 cm³/mol. The van der Waals surface area contributed by atoms with Crippen molar-refractivity contribution < 1.29 is 13.2 Å². The molecular formula is C15H15ClN4O3S. The minimum atomic E-state index is -3.04. The van der Waals surface area contributed by atoms with E-state index < -0.39 is 15.7 Å². The minimum absolute atomic E-state index is 0.0254. The van der Waals surface area contributed by atoms with Gasteiger partial charge in [0.05, 0.1) is 11.5 Å². The number of rotatable bonds is 4. The Kier molecular flexibility index (Phi) is 4.68. The molecular weight excluding hydrogens is 352 g/mol. The molecule has 0 saturated carbocycles. The molecule has 126 valence electrons. The molecule has 0 aliphatic carbocycles. The van der Waals surface area contributed by atoms with Crippen LogP contribution in [-0.4, -0.2) is 42.1 Å². The summed E-state index contributed by atoms with van der Waals surface area (Å²) in [5.74, 6) is 0.135. The quantitative estimate of drug-likeness (QED) is 0.855. The Hall–Kier alpha value is -2.19. The Morgan fingerprint density at radius 1 is 1.12 bits per heavy atom. The third kappa shape index (κ3) is 4.21. The molecule has 2 N–H and O–H groups in total. The number of carbonyl (C=O) groups excluding carboxylic acids is 1. The van der Waals surface area contributed by atoms with Crippen LogP contribution in [0.15, 0.2) is 36.4 Å². The average Bonchev–Trinajstić information content (AvgIpc) is 2.89. The third-order valence-electron chi connectivity index (χ3n) is 3.58. The summed E-state index contributed by atoms with van der Waals surface area (Å²) in [4.78, 5) is 12.1.